The number of hydrogen-bond acceptors (Lipinski definition) is 3. The zero-order chi connectivity index (χ0) is 15.2. The van der Waals surface area contributed by atoms with Crippen LogP contribution in [-0.2, 0) is 0 Å². The molecule has 0 spiro atoms. The Bertz CT molecular complexity index is 654. The second kappa shape index (κ2) is 7.01. The number of nitriles is 1. The molecule has 2 rings (SSSR count). The summed E-state index contributed by atoms with van der Waals surface area (Å²) in [6.07, 6.45) is 0. The van der Waals surface area contributed by atoms with Crippen molar-refractivity contribution in [2.24, 2.45) is 0 Å². The predicted molar refractivity (Wildman–Crippen MR) is 83.1 cm³/mol. The summed E-state index contributed by atoms with van der Waals surface area (Å²) >= 11 is 5.99. The zero-order valence-corrected chi connectivity index (χ0v) is 12.8. The van der Waals surface area contributed by atoms with Crippen LogP contribution in [0.15, 0.2) is 36.4 Å². The minimum atomic E-state index is 0.375. The summed E-state index contributed by atoms with van der Waals surface area (Å²) in [5.74, 6) is 1.41. The van der Waals surface area contributed by atoms with Crippen molar-refractivity contribution in [1.29, 1.82) is 5.26 Å². The molecule has 0 saturated carbocycles. The molecule has 0 radical (unpaired) electrons. The number of halogens is 1. The summed E-state index contributed by atoms with van der Waals surface area (Å²) in [4.78, 5) is 0. The van der Waals surface area contributed by atoms with Crippen LogP contribution in [0.4, 0.5) is 0 Å². The Morgan fingerprint density at radius 1 is 1.05 bits per heavy atom. The third-order valence-electron chi connectivity index (χ3n) is 3.02. The van der Waals surface area contributed by atoms with E-state index < -0.39 is 0 Å². The molecule has 0 aliphatic carbocycles. The van der Waals surface area contributed by atoms with Gasteiger partial charge in [0, 0.05) is 5.02 Å². The van der Waals surface area contributed by atoms with Crippen LogP contribution in [0.3, 0.4) is 0 Å². The highest BCUT2D eigenvalue weighted by molar-refractivity contribution is 6.30. The molecule has 4 heteroatoms. The first-order chi connectivity index (χ1) is 10.1. The molecule has 108 valence electrons. The SMILES string of the molecule is Cc1cc(Cl)cc(C)c1OCCOc1ccccc1C#N. The van der Waals surface area contributed by atoms with E-state index in [4.69, 9.17) is 26.3 Å². The van der Waals surface area contributed by atoms with E-state index in [9.17, 15) is 0 Å². The highest BCUT2D eigenvalue weighted by Gasteiger charge is 2.06. The van der Waals surface area contributed by atoms with Gasteiger partial charge in [0.05, 0.1) is 5.56 Å². The van der Waals surface area contributed by atoms with Gasteiger partial charge in [0.15, 0.2) is 0 Å². The summed E-state index contributed by atoms with van der Waals surface area (Å²) in [7, 11) is 0. The molecule has 0 bridgehead atoms. The van der Waals surface area contributed by atoms with Crippen molar-refractivity contribution in [1.82, 2.24) is 0 Å². The van der Waals surface area contributed by atoms with Crippen LogP contribution in [0, 0.1) is 25.2 Å². The van der Waals surface area contributed by atoms with Gasteiger partial charge in [-0.1, -0.05) is 23.7 Å². The summed E-state index contributed by atoms with van der Waals surface area (Å²) in [6.45, 7) is 4.70. The van der Waals surface area contributed by atoms with E-state index in [1.807, 2.05) is 38.1 Å². The van der Waals surface area contributed by atoms with E-state index in [-0.39, 0.29) is 0 Å². The lowest BCUT2D eigenvalue weighted by atomic mass is 10.1. The largest absolute Gasteiger partial charge is 0.489 e. The van der Waals surface area contributed by atoms with Gasteiger partial charge in [-0.25, -0.2) is 0 Å². The molecule has 2 aromatic rings. The molecular formula is C17H16ClNO2. The average Bonchev–Trinajstić information content (AvgIpc) is 2.45. The Balaban J connectivity index is 1.93. The molecule has 0 unspecified atom stereocenters. The molecule has 0 aromatic heterocycles. The minimum absolute atomic E-state index is 0.375. The van der Waals surface area contributed by atoms with Crippen LogP contribution in [0.25, 0.3) is 0 Å². The van der Waals surface area contributed by atoms with Crippen LogP contribution >= 0.6 is 11.6 Å². The van der Waals surface area contributed by atoms with Gasteiger partial charge >= 0.3 is 0 Å². The van der Waals surface area contributed by atoms with Crippen LogP contribution in [0.5, 0.6) is 11.5 Å². The number of ether oxygens (including phenoxy) is 2. The van der Waals surface area contributed by atoms with Crippen LogP contribution < -0.4 is 9.47 Å². The van der Waals surface area contributed by atoms with Crippen LogP contribution in [-0.4, -0.2) is 13.2 Å². The molecule has 0 fully saturated rings. The van der Waals surface area contributed by atoms with Gasteiger partial charge in [-0.3, -0.25) is 0 Å². The Labute approximate surface area is 129 Å². The van der Waals surface area contributed by atoms with Crippen molar-refractivity contribution in [3.8, 4) is 17.6 Å². The van der Waals surface area contributed by atoms with E-state index in [2.05, 4.69) is 6.07 Å². The van der Waals surface area contributed by atoms with Crippen molar-refractivity contribution in [2.45, 2.75) is 13.8 Å². The van der Waals surface area contributed by atoms with E-state index in [0.717, 1.165) is 16.9 Å². The van der Waals surface area contributed by atoms with Crippen LogP contribution in [0.1, 0.15) is 16.7 Å². The lowest BCUT2D eigenvalue weighted by Gasteiger charge is -2.13. The number of aryl methyl sites for hydroxylation is 2. The third-order valence-corrected chi connectivity index (χ3v) is 3.24. The van der Waals surface area contributed by atoms with Gasteiger partial charge in [-0.05, 0) is 49.2 Å². The number of nitrogens with zero attached hydrogens (tertiary/aromatic N) is 1. The second-order valence-electron chi connectivity index (χ2n) is 4.67. The van der Waals surface area contributed by atoms with Crippen molar-refractivity contribution in [2.75, 3.05) is 13.2 Å². The van der Waals surface area contributed by atoms with Gasteiger partial charge in [0.25, 0.3) is 0 Å². The van der Waals surface area contributed by atoms with Gasteiger partial charge in [-0.15, -0.1) is 0 Å². The molecule has 0 saturated heterocycles. The summed E-state index contributed by atoms with van der Waals surface area (Å²) in [5, 5.41) is 9.68. The molecule has 0 aliphatic heterocycles. The predicted octanol–water partition coefficient (Wildman–Crippen LogP) is 4.29. The smallest absolute Gasteiger partial charge is 0.137 e. The van der Waals surface area contributed by atoms with Gasteiger partial charge in [-0.2, -0.15) is 5.26 Å². The highest BCUT2D eigenvalue weighted by Crippen LogP contribution is 2.27. The molecule has 3 nitrogen and oxygen atoms in total. The normalized spacial score (nSPS) is 10.0. The first-order valence-electron chi connectivity index (χ1n) is 6.63. The maximum absolute atomic E-state index is 8.98. The third kappa shape index (κ3) is 3.90. The quantitative estimate of drug-likeness (QED) is 0.774. The zero-order valence-electron chi connectivity index (χ0n) is 12.0. The minimum Gasteiger partial charge on any atom is -0.489 e. The van der Waals surface area contributed by atoms with E-state index in [1.165, 1.54) is 0 Å². The molecule has 2 aromatic carbocycles. The summed E-state index contributed by atoms with van der Waals surface area (Å²) in [6, 6.07) is 13.0. The number of benzene rings is 2. The molecule has 0 atom stereocenters. The van der Waals surface area contributed by atoms with E-state index in [1.54, 1.807) is 12.1 Å². The number of hydrogen-bond donors (Lipinski definition) is 0. The van der Waals surface area contributed by atoms with E-state index in [0.29, 0.717) is 29.5 Å². The van der Waals surface area contributed by atoms with Crippen molar-refractivity contribution in [3.05, 3.63) is 58.1 Å². The maximum atomic E-state index is 8.98. The van der Waals surface area contributed by atoms with Crippen molar-refractivity contribution < 1.29 is 9.47 Å². The Morgan fingerprint density at radius 3 is 2.33 bits per heavy atom. The molecular weight excluding hydrogens is 286 g/mol. The number of para-hydroxylation sites is 1. The Hall–Kier alpha value is -2.18. The average molecular weight is 302 g/mol. The molecule has 0 N–H and O–H groups in total. The first kappa shape index (κ1) is 15.2. The summed E-state index contributed by atoms with van der Waals surface area (Å²) in [5.41, 5.74) is 2.52. The number of rotatable bonds is 5. The van der Waals surface area contributed by atoms with Gasteiger partial charge < -0.3 is 9.47 Å². The Morgan fingerprint density at radius 2 is 1.67 bits per heavy atom. The fourth-order valence-electron chi connectivity index (χ4n) is 2.11. The fourth-order valence-corrected chi connectivity index (χ4v) is 2.43. The lowest BCUT2D eigenvalue weighted by Crippen LogP contribution is -2.10. The standard InChI is InChI=1S/C17H16ClNO2/c1-12-9-15(18)10-13(2)17(12)21-8-7-20-16-6-4-3-5-14(16)11-19/h3-6,9-10H,7-8H2,1-2H3. The topological polar surface area (TPSA) is 42.2 Å². The molecule has 0 amide bonds. The van der Waals surface area contributed by atoms with Crippen LogP contribution in [0.2, 0.25) is 5.02 Å². The van der Waals surface area contributed by atoms with Crippen molar-refractivity contribution >= 4 is 11.6 Å². The van der Waals surface area contributed by atoms with Gasteiger partial charge in [0.1, 0.15) is 30.8 Å². The fraction of sp³-hybridized carbons (Fsp3) is 0.235. The molecule has 0 aliphatic rings. The molecule has 21 heavy (non-hydrogen) atoms. The molecule has 0 heterocycles. The van der Waals surface area contributed by atoms with Gasteiger partial charge in [0.2, 0.25) is 0 Å². The Kier molecular flexibility index (Phi) is 5.08. The maximum Gasteiger partial charge on any atom is 0.137 e. The highest BCUT2D eigenvalue weighted by atomic mass is 35.5. The lowest BCUT2D eigenvalue weighted by molar-refractivity contribution is 0.215. The first-order valence-corrected chi connectivity index (χ1v) is 7.01. The monoisotopic (exact) mass is 301 g/mol. The summed E-state index contributed by atoms with van der Waals surface area (Å²) < 4.78 is 11.3. The van der Waals surface area contributed by atoms with E-state index >= 15 is 0 Å². The van der Waals surface area contributed by atoms with Crippen molar-refractivity contribution in [3.63, 3.8) is 0 Å². The second-order valence-corrected chi connectivity index (χ2v) is 5.11.